The summed E-state index contributed by atoms with van der Waals surface area (Å²) in [6.45, 7) is 2.20. The van der Waals surface area contributed by atoms with E-state index in [2.05, 4.69) is 53.8 Å². The molecule has 2 aromatic carbocycles. The van der Waals surface area contributed by atoms with E-state index >= 15 is 0 Å². The Hall–Kier alpha value is -2.94. The molecule has 0 atom stereocenters. The highest BCUT2D eigenvalue weighted by atomic mass is 15.0. The molecule has 3 nitrogen and oxygen atoms in total. The molecule has 34 heavy (non-hydrogen) atoms. The molecule has 7 rings (SSSR count). The number of rotatable bonds is 2. The number of aryl methyl sites for hydroxylation is 1. The number of para-hydroxylation sites is 1. The molecule has 0 spiro atoms. The van der Waals surface area contributed by atoms with Crippen LogP contribution < -0.4 is 0 Å². The summed E-state index contributed by atoms with van der Waals surface area (Å²) in [5.74, 6) is 1.34. The van der Waals surface area contributed by atoms with Crippen molar-refractivity contribution in [3.63, 3.8) is 0 Å². The Bertz CT molecular complexity index is 1530. The third-order valence-electron chi connectivity index (χ3n) is 8.71. The smallest absolute Gasteiger partial charge is 0.148 e. The fourth-order valence-electron chi connectivity index (χ4n) is 6.97. The molecule has 2 saturated carbocycles. The van der Waals surface area contributed by atoms with Gasteiger partial charge in [-0.05, 0) is 79.3 Å². The van der Waals surface area contributed by atoms with Crippen molar-refractivity contribution >= 4 is 38.5 Å². The van der Waals surface area contributed by atoms with E-state index in [0.29, 0.717) is 11.8 Å². The molecule has 2 aliphatic rings. The third-order valence-corrected chi connectivity index (χ3v) is 8.71. The molecule has 2 fully saturated rings. The average Bonchev–Trinajstić information content (AvgIpc) is 3.29. The number of nitrogens with zero attached hydrogens (tertiary/aromatic N) is 3. The van der Waals surface area contributed by atoms with Crippen molar-refractivity contribution in [2.75, 3.05) is 0 Å². The van der Waals surface area contributed by atoms with E-state index in [-0.39, 0.29) is 0 Å². The first-order valence-corrected chi connectivity index (χ1v) is 13.4. The van der Waals surface area contributed by atoms with Gasteiger partial charge in [0.1, 0.15) is 5.65 Å². The highest BCUT2D eigenvalue weighted by Crippen LogP contribution is 2.42. The Morgan fingerprint density at radius 2 is 1.56 bits per heavy atom. The lowest BCUT2D eigenvalue weighted by molar-refractivity contribution is 0.437. The van der Waals surface area contributed by atoms with Gasteiger partial charge in [-0.25, -0.2) is 4.98 Å². The molecule has 172 valence electrons. The lowest BCUT2D eigenvalue weighted by Crippen LogP contribution is -2.09. The number of hydrogen-bond donors (Lipinski definition) is 0. The van der Waals surface area contributed by atoms with E-state index in [4.69, 9.17) is 9.97 Å². The van der Waals surface area contributed by atoms with Crippen LogP contribution in [0.1, 0.15) is 92.7 Å². The van der Waals surface area contributed by atoms with E-state index in [1.165, 1.54) is 97.1 Å². The Morgan fingerprint density at radius 3 is 2.35 bits per heavy atom. The number of benzene rings is 2. The van der Waals surface area contributed by atoms with Crippen molar-refractivity contribution in [3.8, 4) is 0 Å². The van der Waals surface area contributed by atoms with E-state index in [1.54, 1.807) is 11.1 Å². The predicted octanol–water partition coefficient (Wildman–Crippen LogP) is 8.59. The van der Waals surface area contributed by atoms with Crippen LogP contribution in [-0.4, -0.2) is 14.4 Å². The quantitative estimate of drug-likeness (QED) is 0.254. The highest BCUT2D eigenvalue weighted by Gasteiger charge is 2.26. The van der Waals surface area contributed by atoms with Gasteiger partial charge in [0.15, 0.2) is 0 Å². The minimum Gasteiger partial charge on any atom is -0.291 e. The topological polar surface area (TPSA) is 30.2 Å². The van der Waals surface area contributed by atoms with Gasteiger partial charge in [0, 0.05) is 17.0 Å². The van der Waals surface area contributed by atoms with Crippen molar-refractivity contribution in [1.82, 2.24) is 14.4 Å². The van der Waals surface area contributed by atoms with Gasteiger partial charge in [0.25, 0.3) is 0 Å². The van der Waals surface area contributed by atoms with Crippen LogP contribution in [0, 0.1) is 6.92 Å². The van der Waals surface area contributed by atoms with Crippen molar-refractivity contribution in [2.45, 2.75) is 83.0 Å². The maximum absolute atomic E-state index is 5.39. The molecular weight excluding hydrogens is 414 g/mol. The van der Waals surface area contributed by atoms with Crippen molar-refractivity contribution in [3.05, 3.63) is 65.4 Å². The van der Waals surface area contributed by atoms with Gasteiger partial charge in [-0.2, -0.15) is 0 Å². The Labute approximate surface area is 201 Å². The Balaban J connectivity index is 1.63. The minimum atomic E-state index is 0.643. The first-order chi connectivity index (χ1) is 16.8. The zero-order valence-corrected chi connectivity index (χ0v) is 20.2. The van der Waals surface area contributed by atoms with Crippen LogP contribution in [-0.2, 0) is 0 Å². The van der Waals surface area contributed by atoms with Gasteiger partial charge in [-0.1, -0.05) is 62.8 Å². The largest absolute Gasteiger partial charge is 0.291 e. The van der Waals surface area contributed by atoms with Gasteiger partial charge in [0.2, 0.25) is 0 Å². The van der Waals surface area contributed by atoms with Crippen LogP contribution in [0.5, 0.6) is 0 Å². The summed E-state index contributed by atoms with van der Waals surface area (Å²) in [5.41, 5.74) is 10.3. The molecule has 5 aromatic rings. The molecule has 3 heteroatoms. The molecule has 0 aliphatic heterocycles. The van der Waals surface area contributed by atoms with E-state index < -0.39 is 0 Å². The summed E-state index contributed by atoms with van der Waals surface area (Å²) in [4.78, 5) is 10.2. The number of hydrogen-bond acceptors (Lipinski definition) is 2. The minimum absolute atomic E-state index is 0.643. The first kappa shape index (κ1) is 20.4. The predicted molar refractivity (Wildman–Crippen MR) is 142 cm³/mol. The van der Waals surface area contributed by atoms with Crippen LogP contribution >= 0.6 is 0 Å². The summed E-state index contributed by atoms with van der Waals surface area (Å²) >= 11 is 0. The maximum atomic E-state index is 5.39. The summed E-state index contributed by atoms with van der Waals surface area (Å²) in [6, 6.07) is 16.0. The lowest BCUT2D eigenvalue weighted by atomic mass is 9.79. The summed E-state index contributed by atoms with van der Waals surface area (Å²) in [5, 5.41) is 2.42. The fraction of sp³-hybridized carbons (Fsp3) is 0.419. The molecule has 0 bridgehead atoms. The number of imidazole rings is 1. The molecule has 0 amide bonds. The summed E-state index contributed by atoms with van der Waals surface area (Å²) in [7, 11) is 0. The van der Waals surface area contributed by atoms with Crippen molar-refractivity contribution < 1.29 is 0 Å². The number of pyridine rings is 2. The average molecular weight is 448 g/mol. The second-order valence-electron chi connectivity index (χ2n) is 10.8. The van der Waals surface area contributed by atoms with Gasteiger partial charge in [0.05, 0.1) is 22.1 Å². The fourth-order valence-corrected chi connectivity index (χ4v) is 6.97. The van der Waals surface area contributed by atoms with Gasteiger partial charge in [-0.3, -0.25) is 9.38 Å². The molecule has 0 saturated heterocycles. The molecule has 2 aliphatic carbocycles. The molecule has 3 heterocycles. The Kier molecular flexibility index (Phi) is 4.85. The van der Waals surface area contributed by atoms with Crippen LogP contribution in [0.4, 0.5) is 0 Å². The normalized spacial score (nSPS) is 18.5. The van der Waals surface area contributed by atoms with Gasteiger partial charge in [-0.15, -0.1) is 0 Å². The third kappa shape index (κ3) is 3.09. The van der Waals surface area contributed by atoms with E-state index in [9.17, 15) is 0 Å². The van der Waals surface area contributed by atoms with Gasteiger partial charge < -0.3 is 0 Å². The molecular formula is C31H33N3. The second-order valence-corrected chi connectivity index (χ2v) is 10.8. The zero-order chi connectivity index (χ0) is 22.6. The standard InChI is InChI=1S/C31H33N3/c1-20-16-17-32-29-24-14-8-9-15-27(24)34-30-25(22-12-6-3-7-13-22)18-23(21-10-4-2-5-11-21)19-26(30)33-31(34)28(20)29/h8-9,14-19,21-22H,2-7,10-13H2,1H3. The zero-order valence-electron chi connectivity index (χ0n) is 20.2. The van der Waals surface area contributed by atoms with Gasteiger partial charge >= 0.3 is 0 Å². The lowest BCUT2D eigenvalue weighted by Gasteiger charge is -2.26. The molecule has 3 aromatic heterocycles. The van der Waals surface area contributed by atoms with Crippen LogP contribution in [0.3, 0.4) is 0 Å². The van der Waals surface area contributed by atoms with E-state index in [0.717, 1.165) is 11.2 Å². The highest BCUT2D eigenvalue weighted by molar-refractivity contribution is 6.13. The molecule has 0 unspecified atom stereocenters. The van der Waals surface area contributed by atoms with E-state index in [1.807, 2.05) is 6.20 Å². The van der Waals surface area contributed by atoms with Crippen LogP contribution in [0.2, 0.25) is 0 Å². The maximum Gasteiger partial charge on any atom is 0.148 e. The van der Waals surface area contributed by atoms with Crippen LogP contribution in [0.15, 0.2) is 48.7 Å². The first-order valence-electron chi connectivity index (χ1n) is 13.4. The second kappa shape index (κ2) is 8.08. The Morgan fingerprint density at radius 1 is 0.824 bits per heavy atom. The van der Waals surface area contributed by atoms with Crippen LogP contribution in [0.25, 0.3) is 38.5 Å². The molecule has 0 radical (unpaired) electrons. The number of fused-ring (bicyclic) bond motifs is 8. The molecule has 0 N–H and O–H groups in total. The SMILES string of the molecule is Cc1ccnc2c3ccccc3n3c(nc4cc(C5CCCCC5)cc(C5CCCCC5)c43)c12. The summed E-state index contributed by atoms with van der Waals surface area (Å²) < 4.78 is 2.48. The summed E-state index contributed by atoms with van der Waals surface area (Å²) in [6.07, 6.45) is 15.4. The number of aromatic nitrogens is 3. The van der Waals surface area contributed by atoms with Crippen molar-refractivity contribution in [1.29, 1.82) is 0 Å². The van der Waals surface area contributed by atoms with Crippen molar-refractivity contribution in [2.24, 2.45) is 0 Å². The monoisotopic (exact) mass is 447 g/mol.